The van der Waals surface area contributed by atoms with Gasteiger partial charge in [0.15, 0.2) is 0 Å². The van der Waals surface area contributed by atoms with Gasteiger partial charge in [-0.15, -0.1) is 0 Å². The molecule has 0 aliphatic rings. The highest BCUT2D eigenvalue weighted by Gasteiger charge is 2.06. The number of carbonyl (C=O) groups excluding carboxylic acids is 2. The van der Waals surface area contributed by atoms with E-state index in [9.17, 15) is 9.59 Å². The molecule has 0 aliphatic carbocycles. The Balaban J connectivity index is 1.69. The molecular weight excluding hydrogens is 372 g/mol. The first kappa shape index (κ1) is 18.0. The summed E-state index contributed by atoms with van der Waals surface area (Å²) >= 11 is 3.32. The normalized spacial score (nSPS) is 10.1. The zero-order valence-electron chi connectivity index (χ0n) is 13.3. The van der Waals surface area contributed by atoms with Crippen LogP contribution in [0.3, 0.4) is 0 Å². The van der Waals surface area contributed by atoms with Gasteiger partial charge < -0.3 is 15.4 Å². The summed E-state index contributed by atoms with van der Waals surface area (Å²) in [6.07, 6.45) is 0.235. The first-order valence-electron chi connectivity index (χ1n) is 7.52. The van der Waals surface area contributed by atoms with Crippen LogP contribution >= 0.6 is 15.9 Å². The van der Waals surface area contributed by atoms with Gasteiger partial charge in [-0.2, -0.15) is 0 Å². The molecule has 2 rings (SSSR count). The van der Waals surface area contributed by atoms with Crippen molar-refractivity contribution in [3.63, 3.8) is 0 Å². The first-order chi connectivity index (χ1) is 11.6. The number of hydrogen-bond acceptors (Lipinski definition) is 3. The van der Waals surface area contributed by atoms with E-state index in [4.69, 9.17) is 4.74 Å². The van der Waals surface area contributed by atoms with Crippen molar-refractivity contribution in [1.29, 1.82) is 0 Å². The van der Waals surface area contributed by atoms with Crippen LogP contribution < -0.4 is 15.4 Å². The lowest BCUT2D eigenvalue weighted by Gasteiger charge is -2.08. The predicted molar refractivity (Wildman–Crippen MR) is 95.9 cm³/mol. The van der Waals surface area contributed by atoms with Gasteiger partial charge in [0, 0.05) is 29.5 Å². The largest absolute Gasteiger partial charge is 0.497 e. The average Bonchev–Trinajstić information content (AvgIpc) is 2.61. The summed E-state index contributed by atoms with van der Waals surface area (Å²) in [5.74, 6) is 0.480. The van der Waals surface area contributed by atoms with Crippen LogP contribution in [0, 0.1) is 0 Å². The van der Waals surface area contributed by atoms with E-state index in [1.54, 1.807) is 31.4 Å². The molecule has 0 atom stereocenters. The van der Waals surface area contributed by atoms with E-state index in [-0.39, 0.29) is 18.2 Å². The maximum Gasteiger partial charge on any atom is 0.251 e. The summed E-state index contributed by atoms with van der Waals surface area (Å²) in [6.45, 7) is 0.743. The Kier molecular flexibility index (Phi) is 6.81. The molecule has 2 amide bonds. The number of hydrogen-bond donors (Lipinski definition) is 2. The third-order valence-corrected chi connectivity index (χ3v) is 3.92. The molecule has 0 saturated heterocycles. The zero-order valence-corrected chi connectivity index (χ0v) is 14.9. The molecule has 0 aromatic heterocycles. The molecule has 6 heteroatoms. The molecule has 0 radical (unpaired) electrons. The maximum absolute atomic E-state index is 11.9. The summed E-state index contributed by atoms with van der Waals surface area (Å²) in [5, 5.41) is 5.55. The number of rotatable bonds is 7. The Hall–Kier alpha value is -2.34. The molecule has 5 nitrogen and oxygen atoms in total. The average molecular weight is 391 g/mol. The summed E-state index contributed by atoms with van der Waals surface area (Å²) in [7, 11) is 1.61. The predicted octanol–water partition coefficient (Wildman–Crippen LogP) is 2.89. The second kappa shape index (κ2) is 9.08. The molecule has 0 bridgehead atoms. The number of methoxy groups -OCH3 is 1. The highest BCUT2D eigenvalue weighted by atomic mass is 79.9. The van der Waals surface area contributed by atoms with Crippen LogP contribution in [0.5, 0.6) is 5.75 Å². The van der Waals surface area contributed by atoms with Crippen molar-refractivity contribution in [2.24, 2.45) is 0 Å². The number of carbonyl (C=O) groups is 2. The van der Waals surface area contributed by atoms with E-state index in [0.717, 1.165) is 15.8 Å². The minimum atomic E-state index is -0.189. The fourth-order valence-electron chi connectivity index (χ4n) is 2.03. The number of halogens is 1. The summed E-state index contributed by atoms with van der Waals surface area (Å²) < 4.78 is 6.00. The van der Waals surface area contributed by atoms with Crippen LogP contribution in [0.15, 0.2) is 53.0 Å². The van der Waals surface area contributed by atoms with Gasteiger partial charge in [-0.3, -0.25) is 9.59 Å². The van der Waals surface area contributed by atoms with Gasteiger partial charge in [0.05, 0.1) is 7.11 Å². The minimum absolute atomic E-state index is 0.109. The molecule has 0 aliphatic heterocycles. The van der Waals surface area contributed by atoms with E-state index in [1.165, 1.54) is 0 Å². The molecule has 0 spiro atoms. The Morgan fingerprint density at radius 1 is 1.00 bits per heavy atom. The molecule has 0 saturated carbocycles. The summed E-state index contributed by atoms with van der Waals surface area (Å²) in [5.41, 5.74) is 1.56. The van der Waals surface area contributed by atoms with Crippen molar-refractivity contribution in [3.8, 4) is 5.75 Å². The second-order valence-corrected chi connectivity index (χ2v) is 6.05. The standard InChI is InChI=1S/C18H19BrN2O3/c1-24-16-8-2-13(3-9-16)12-21-17(22)10-11-20-18(23)14-4-6-15(19)7-5-14/h2-9H,10-12H2,1H3,(H,20,23)(H,21,22). The zero-order chi connectivity index (χ0) is 17.4. The lowest BCUT2D eigenvalue weighted by Crippen LogP contribution is -2.30. The number of nitrogens with one attached hydrogen (secondary N) is 2. The van der Waals surface area contributed by atoms with Crippen molar-refractivity contribution >= 4 is 27.7 Å². The lowest BCUT2D eigenvalue weighted by atomic mass is 10.2. The highest BCUT2D eigenvalue weighted by Crippen LogP contribution is 2.11. The van der Waals surface area contributed by atoms with Gasteiger partial charge in [0.25, 0.3) is 5.91 Å². The van der Waals surface area contributed by atoms with Crippen molar-refractivity contribution in [3.05, 3.63) is 64.1 Å². The van der Waals surface area contributed by atoms with Gasteiger partial charge >= 0.3 is 0 Å². The molecular formula is C18H19BrN2O3. The van der Waals surface area contributed by atoms with Crippen molar-refractivity contribution in [2.75, 3.05) is 13.7 Å². The summed E-state index contributed by atoms with van der Waals surface area (Å²) in [6, 6.07) is 14.5. The van der Waals surface area contributed by atoms with Crippen LogP contribution in [0.25, 0.3) is 0 Å². The van der Waals surface area contributed by atoms with Crippen LogP contribution in [0.2, 0.25) is 0 Å². The van der Waals surface area contributed by atoms with Crippen molar-refractivity contribution < 1.29 is 14.3 Å². The molecule has 2 N–H and O–H groups in total. The van der Waals surface area contributed by atoms with Gasteiger partial charge in [-0.1, -0.05) is 28.1 Å². The van der Waals surface area contributed by atoms with E-state index in [2.05, 4.69) is 26.6 Å². The Labute approximate surface area is 149 Å². The molecule has 126 valence electrons. The Morgan fingerprint density at radius 3 is 2.29 bits per heavy atom. The van der Waals surface area contributed by atoms with E-state index >= 15 is 0 Å². The third-order valence-electron chi connectivity index (χ3n) is 3.39. The maximum atomic E-state index is 11.9. The van der Waals surface area contributed by atoms with Gasteiger partial charge in [-0.05, 0) is 42.0 Å². The second-order valence-electron chi connectivity index (χ2n) is 5.14. The quantitative estimate of drug-likeness (QED) is 0.763. The van der Waals surface area contributed by atoms with E-state index < -0.39 is 0 Å². The first-order valence-corrected chi connectivity index (χ1v) is 8.31. The van der Waals surface area contributed by atoms with Crippen molar-refractivity contribution in [1.82, 2.24) is 10.6 Å². The molecule has 2 aromatic rings. The lowest BCUT2D eigenvalue weighted by molar-refractivity contribution is -0.121. The number of benzene rings is 2. The van der Waals surface area contributed by atoms with Gasteiger partial charge in [0.1, 0.15) is 5.75 Å². The Morgan fingerprint density at radius 2 is 1.67 bits per heavy atom. The van der Waals surface area contributed by atoms with Gasteiger partial charge in [-0.25, -0.2) is 0 Å². The molecule has 24 heavy (non-hydrogen) atoms. The Bertz CT molecular complexity index is 684. The fraction of sp³-hybridized carbons (Fsp3) is 0.222. The molecule has 0 fully saturated rings. The van der Waals surface area contributed by atoms with Crippen LogP contribution in [-0.2, 0) is 11.3 Å². The SMILES string of the molecule is COc1ccc(CNC(=O)CCNC(=O)c2ccc(Br)cc2)cc1. The van der Waals surface area contributed by atoms with E-state index in [1.807, 2.05) is 24.3 Å². The molecule has 2 aromatic carbocycles. The van der Waals surface area contributed by atoms with Crippen LogP contribution in [0.4, 0.5) is 0 Å². The third kappa shape index (κ3) is 5.70. The van der Waals surface area contributed by atoms with Crippen LogP contribution in [0.1, 0.15) is 22.3 Å². The summed E-state index contributed by atoms with van der Waals surface area (Å²) in [4.78, 5) is 23.7. The van der Waals surface area contributed by atoms with Crippen LogP contribution in [-0.4, -0.2) is 25.5 Å². The number of amides is 2. The minimum Gasteiger partial charge on any atom is -0.497 e. The monoisotopic (exact) mass is 390 g/mol. The topological polar surface area (TPSA) is 67.4 Å². The smallest absolute Gasteiger partial charge is 0.251 e. The van der Waals surface area contributed by atoms with Gasteiger partial charge in [0.2, 0.25) is 5.91 Å². The highest BCUT2D eigenvalue weighted by molar-refractivity contribution is 9.10. The molecule has 0 unspecified atom stereocenters. The van der Waals surface area contributed by atoms with Crippen molar-refractivity contribution in [2.45, 2.75) is 13.0 Å². The number of ether oxygens (including phenoxy) is 1. The fourth-order valence-corrected chi connectivity index (χ4v) is 2.29. The van der Waals surface area contributed by atoms with E-state index in [0.29, 0.717) is 18.7 Å². The molecule has 0 heterocycles.